The molecule has 1 heterocycles. The van der Waals surface area contributed by atoms with Crippen LogP contribution < -0.4 is 14.9 Å². The van der Waals surface area contributed by atoms with E-state index in [2.05, 4.69) is 10.5 Å². The maximum atomic E-state index is 12.1. The first-order valence-electron chi connectivity index (χ1n) is 6.94. The molecule has 8 heteroatoms. The van der Waals surface area contributed by atoms with Gasteiger partial charge in [0.05, 0.1) is 11.2 Å². The van der Waals surface area contributed by atoms with E-state index in [0.717, 1.165) is 0 Å². The molecule has 6 nitrogen and oxygen atoms in total. The molecule has 0 radical (unpaired) electrons. The summed E-state index contributed by atoms with van der Waals surface area (Å²) in [5.41, 5.74) is 2.60. The van der Waals surface area contributed by atoms with Crippen molar-refractivity contribution in [2.45, 2.75) is 6.10 Å². The van der Waals surface area contributed by atoms with E-state index in [1.165, 1.54) is 18.3 Å². The molecule has 24 heavy (non-hydrogen) atoms. The fourth-order valence-electron chi connectivity index (χ4n) is 2.07. The second-order valence-electron chi connectivity index (χ2n) is 4.92. The van der Waals surface area contributed by atoms with Crippen LogP contribution in [0.25, 0.3) is 0 Å². The zero-order valence-electron chi connectivity index (χ0n) is 12.2. The van der Waals surface area contributed by atoms with Crippen LogP contribution in [-0.2, 0) is 4.79 Å². The lowest BCUT2D eigenvalue weighted by atomic mass is 10.2. The lowest BCUT2D eigenvalue weighted by Gasteiger charge is -2.24. The smallest absolute Gasteiger partial charge is 0.284 e. The number of ether oxygens (including phenoxy) is 2. The lowest BCUT2D eigenvalue weighted by Crippen LogP contribution is -2.42. The van der Waals surface area contributed by atoms with Gasteiger partial charge in [-0.05, 0) is 24.3 Å². The molecular weight excluding hydrogens is 355 g/mol. The summed E-state index contributed by atoms with van der Waals surface area (Å²) >= 11 is 11.7. The van der Waals surface area contributed by atoms with Gasteiger partial charge in [-0.25, -0.2) is 5.43 Å². The topological polar surface area (TPSA) is 80.2 Å². The number of para-hydroxylation sites is 2. The molecule has 0 fully saturated rings. The number of nitrogens with zero attached hydrogens (tertiary/aromatic N) is 1. The second kappa shape index (κ2) is 6.98. The first kappa shape index (κ1) is 16.4. The van der Waals surface area contributed by atoms with Crippen molar-refractivity contribution in [3.05, 3.63) is 52.0 Å². The molecule has 0 bridgehead atoms. The third-order valence-corrected chi connectivity index (χ3v) is 3.74. The highest BCUT2D eigenvalue weighted by molar-refractivity contribution is 6.36. The standard InChI is InChI=1S/C16H12Cl2N2O4/c17-10-5-9(15(21)11(18)6-10)7-19-20-16(22)14-8-23-12-3-1-2-4-13(12)24-14/h1-7,14,21H,8H2,(H,20,22)/b19-7-. The number of rotatable bonds is 3. The maximum Gasteiger partial charge on any atom is 0.284 e. The number of benzene rings is 2. The van der Waals surface area contributed by atoms with Crippen LogP contribution in [0.3, 0.4) is 0 Å². The maximum absolute atomic E-state index is 12.1. The van der Waals surface area contributed by atoms with E-state index in [1.807, 2.05) is 6.07 Å². The fourth-order valence-corrected chi connectivity index (χ4v) is 2.58. The van der Waals surface area contributed by atoms with Crippen molar-refractivity contribution in [1.29, 1.82) is 0 Å². The zero-order valence-corrected chi connectivity index (χ0v) is 13.7. The van der Waals surface area contributed by atoms with Crippen LogP contribution in [0, 0.1) is 0 Å². The highest BCUT2D eigenvalue weighted by atomic mass is 35.5. The van der Waals surface area contributed by atoms with E-state index >= 15 is 0 Å². The normalized spacial score (nSPS) is 16.2. The Morgan fingerprint density at radius 1 is 1.29 bits per heavy atom. The quantitative estimate of drug-likeness (QED) is 0.646. The highest BCUT2D eigenvalue weighted by Gasteiger charge is 2.27. The summed E-state index contributed by atoms with van der Waals surface area (Å²) in [7, 11) is 0. The minimum absolute atomic E-state index is 0.0760. The van der Waals surface area contributed by atoms with Crippen molar-refractivity contribution >= 4 is 35.3 Å². The Labute approximate surface area is 147 Å². The van der Waals surface area contributed by atoms with E-state index in [9.17, 15) is 9.90 Å². The third kappa shape index (κ3) is 3.55. The molecule has 1 aliphatic rings. The van der Waals surface area contributed by atoms with E-state index in [1.54, 1.807) is 18.2 Å². The van der Waals surface area contributed by atoms with E-state index in [4.69, 9.17) is 32.7 Å². The van der Waals surface area contributed by atoms with Gasteiger partial charge in [-0.2, -0.15) is 5.10 Å². The molecule has 0 aliphatic carbocycles. The molecule has 2 N–H and O–H groups in total. The number of hydrazone groups is 1. The van der Waals surface area contributed by atoms with Crippen LogP contribution >= 0.6 is 23.2 Å². The van der Waals surface area contributed by atoms with Crippen LogP contribution in [0.4, 0.5) is 0 Å². The van der Waals surface area contributed by atoms with Crippen LogP contribution in [0.15, 0.2) is 41.5 Å². The van der Waals surface area contributed by atoms with Crippen molar-refractivity contribution in [1.82, 2.24) is 5.43 Å². The van der Waals surface area contributed by atoms with Gasteiger partial charge in [0.25, 0.3) is 5.91 Å². The summed E-state index contributed by atoms with van der Waals surface area (Å²) < 4.78 is 11.0. The summed E-state index contributed by atoms with van der Waals surface area (Å²) in [5.74, 6) is 0.425. The van der Waals surface area contributed by atoms with E-state index in [0.29, 0.717) is 16.5 Å². The fraction of sp³-hybridized carbons (Fsp3) is 0.125. The average Bonchev–Trinajstić information content (AvgIpc) is 2.58. The minimum Gasteiger partial charge on any atom is -0.506 e. The number of fused-ring (bicyclic) bond motifs is 1. The number of aromatic hydroxyl groups is 1. The van der Waals surface area contributed by atoms with Gasteiger partial charge >= 0.3 is 0 Å². The van der Waals surface area contributed by atoms with Crippen LogP contribution in [-0.4, -0.2) is 29.9 Å². The number of nitrogens with one attached hydrogen (secondary N) is 1. The largest absolute Gasteiger partial charge is 0.506 e. The zero-order chi connectivity index (χ0) is 17.1. The molecular formula is C16H12Cl2N2O4. The molecule has 0 saturated carbocycles. The Bertz CT molecular complexity index is 811. The number of phenolic OH excluding ortho intramolecular Hbond substituents is 1. The van der Waals surface area contributed by atoms with Crippen molar-refractivity contribution in [2.75, 3.05) is 6.61 Å². The summed E-state index contributed by atoms with van der Waals surface area (Å²) in [6.45, 7) is 0.0760. The Balaban J connectivity index is 1.64. The first-order chi connectivity index (χ1) is 11.5. The molecule has 3 rings (SSSR count). The Kier molecular flexibility index (Phi) is 4.78. The first-order valence-corrected chi connectivity index (χ1v) is 7.69. The number of phenols is 1. The Morgan fingerprint density at radius 2 is 2.04 bits per heavy atom. The highest BCUT2D eigenvalue weighted by Crippen LogP contribution is 2.31. The SMILES string of the molecule is O=C(N/N=C\c1cc(Cl)cc(Cl)c1O)C1COc2ccccc2O1. The monoisotopic (exact) mass is 366 g/mol. The number of halogens is 2. The van der Waals surface area contributed by atoms with Gasteiger partial charge in [0.2, 0.25) is 6.10 Å². The molecule has 2 aromatic rings. The number of carbonyl (C=O) groups is 1. The van der Waals surface area contributed by atoms with Crippen molar-refractivity contribution in [2.24, 2.45) is 5.10 Å². The van der Waals surface area contributed by atoms with Crippen LogP contribution in [0.5, 0.6) is 17.2 Å². The number of hydrogen-bond acceptors (Lipinski definition) is 5. The third-order valence-electron chi connectivity index (χ3n) is 3.24. The molecule has 0 aromatic heterocycles. The molecule has 124 valence electrons. The second-order valence-corrected chi connectivity index (χ2v) is 5.77. The van der Waals surface area contributed by atoms with Gasteiger partial charge in [-0.3, -0.25) is 4.79 Å². The van der Waals surface area contributed by atoms with E-state index in [-0.39, 0.29) is 22.9 Å². The predicted molar refractivity (Wildman–Crippen MR) is 90.2 cm³/mol. The molecule has 1 unspecified atom stereocenters. The molecule has 2 aromatic carbocycles. The van der Waals surface area contributed by atoms with Gasteiger partial charge in [0, 0.05) is 10.6 Å². The summed E-state index contributed by atoms with van der Waals surface area (Å²) in [5, 5.41) is 14.0. The van der Waals surface area contributed by atoms with Gasteiger partial charge < -0.3 is 14.6 Å². The number of hydrogen-bond donors (Lipinski definition) is 2. The Hall–Kier alpha value is -2.44. The number of amides is 1. The summed E-state index contributed by atoms with van der Waals surface area (Å²) in [6.07, 6.45) is 0.413. The van der Waals surface area contributed by atoms with Crippen molar-refractivity contribution in [3.8, 4) is 17.2 Å². The lowest BCUT2D eigenvalue weighted by molar-refractivity contribution is -0.130. The van der Waals surface area contributed by atoms with Gasteiger partial charge in [0.1, 0.15) is 12.4 Å². The van der Waals surface area contributed by atoms with Crippen LogP contribution in [0.1, 0.15) is 5.56 Å². The summed E-state index contributed by atoms with van der Waals surface area (Å²) in [4.78, 5) is 12.1. The predicted octanol–water partition coefficient (Wildman–Crippen LogP) is 2.99. The molecule has 0 saturated heterocycles. The minimum atomic E-state index is -0.825. The van der Waals surface area contributed by atoms with Gasteiger partial charge in [-0.15, -0.1) is 0 Å². The van der Waals surface area contributed by atoms with Gasteiger partial charge in [0.15, 0.2) is 11.5 Å². The van der Waals surface area contributed by atoms with Gasteiger partial charge in [-0.1, -0.05) is 35.3 Å². The Morgan fingerprint density at radius 3 is 2.83 bits per heavy atom. The van der Waals surface area contributed by atoms with Crippen molar-refractivity contribution < 1.29 is 19.4 Å². The molecule has 1 aliphatic heterocycles. The van der Waals surface area contributed by atoms with E-state index < -0.39 is 12.0 Å². The molecule has 1 amide bonds. The molecule has 0 spiro atoms. The average molecular weight is 367 g/mol. The molecule has 1 atom stereocenters. The number of carbonyl (C=O) groups excluding carboxylic acids is 1. The summed E-state index contributed by atoms with van der Waals surface area (Å²) in [6, 6.07) is 9.94. The van der Waals surface area contributed by atoms with Crippen LogP contribution in [0.2, 0.25) is 10.0 Å². The van der Waals surface area contributed by atoms with Crippen molar-refractivity contribution in [3.63, 3.8) is 0 Å².